The molecule has 0 spiro atoms. The van der Waals surface area contributed by atoms with Crippen LogP contribution < -0.4 is 4.90 Å². The van der Waals surface area contributed by atoms with Crippen molar-refractivity contribution in [1.82, 2.24) is 0 Å². The Bertz CT molecular complexity index is 4560. The van der Waals surface area contributed by atoms with Gasteiger partial charge in [0.25, 0.3) is 0 Å². The van der Waals surface area contributed by atoms with Crippen LogP contribution in [0.1, 0.15) is 99.9 Å². The van der Waals surface area contributed by atoms with Crippen molar-refractivity contribution in [2.24, 2.45) is 0 Å². The summed E-state index contributed by atoms with van der Waals surface area (Å²) in [6.45, 7) is 19.2. The lowest BCUT2D eigenvalue weighted by atomic mass is 9.79. The van der Waals surface area contributed by atoms with E-state index in [0.29, 0.717) is 0 Å². The van der Waals surface area contributed by atoms with Gasteiger partial charge in [-0.25, -0.2) is 0 Å². The number of rotatable bonds is 5. The molecule has 12 aromatic carbocycles. The first-order chi connectivity index (χ1) is 38.2. The van der Waals surface area contributed by atoms with Gasteiger partial charge in [-0.3, -0.25) is 0 Å². The molecule has 0 aromatic heterocycles. The number of fused-ring (bicyclic) bond motifs is 15. The van der Waals surface area contributed by atoms with Gasteiger partial charge in [0.1, 0.15) is 0 Å². The maximum absolute atomic E-state index is 2.54. The smallest absolute Gasteiger partial charge is 0.0465 e. The van der Waals surface area contributed by atoms with E-state index in [-0.39, 0.29) is 21.7 Å². The Morgan fingerprint density at radius 3 is 0.873 bits per heavy atom. The van der Waals surface area contributed by atoms with E-state index in [4.69, 9.17) is 0 Å². The molecule has 0 heterocycles. The Labute approximate surface area is 464 Å². The molecule has 0 amide bonds. The Hall–Kier alpha value is -8.78. The van der Waals surface area contributed by atoms with Crippen molar-refractivity contribution in [3.8, 4) is 66.8 Å². The van der Waals surface area contributed by atoms with Crippen molar-refractivity contribution in [2.75, 3.05) is 4.90 Å². The monoisotopic (exact) mass is 1010 g/mol. The van der Waals surface area contributed by atoms with Crippen LogP contribution in [0.25, 0.3) is 99.1 Å². The fraction of sp³-hybridized carbons (Fsp3) is 0.154. The van der Waals surface area contributed by atoms with Gasteiger partial charge >= 0.3 is 0 Å². The fourth-order valence-electron chi connectivity index (χ4n) is 15.5. The van der Waals surface area contributed by atoms with Crippen LogP contribution in [0.3, 0.4) is 0 Å². The van der Waals surface area contributed by atoms with Crippen LogP contribution in [0.4, 0.5) is 17.1 Å². The first-order valence-corrected chi connectivity index (χ1v) is 28.4. The first-order valence-electron chi connectivity index (χ1n) is 28.4. The number of benzene rings is 12. The van der Waals surface area contributed by atoms with Gasteiger partial charge in [-0.05, 0) is 204 Å². The summed E-state index contributed by atoms with van der Waals surface area (Å²) >= 11 is 0. The zero-order valence-corrected chi connectivity index (χ0v) is 46.3. The second-order valence-corrected chi connectivity index (χ2v) is 25.2. The van der Waals surface area contributed by atoms with E-state index < -0.39 is 0 Å². The van der Waals surface area contributed by atoms with E-state index in [1.54, 1.807) is 0 Å². The standard InChI is InChI=1S/C78H61N/c1-75(2)65-26-16-13-21-53(65)56-34-29-48(41-68(56)75)73-61-24-11-12-25-62(61)74(64-40-47-20-10-9-19-46(47)39-63(64)73)49-30-35-57-60-38-33-52(45-72(60)78(7,8)69(57)42-49)79(50-31-36-58-54-22-14-17-27-66(54)76(3,4)70(58)43-50)51-32-37-59-55-23-15-18-28-67(55)77(5,6)71(59)44-51/h9-45H,1-8H3. The van der Waals surface area contributed by atoms with Crippen LogP contribution in [-0.2, 0) is 21.7 Å². The molecule has 12 aromatic rings. The Kier molecular flexibility index (Phi) is 9.34. The van der Waals surface area contributed by atoms with Crippen LogP contribution in [-0.4, -0.2) is 0 Å². The summed E-state index contributed by atoms with van der Waals surface area (Å²) in [5.74, 6) is 0. The molecule has 0 saturated heterocycles. The Morgan fingerprint density at radius 1 is 0.228 bits per heavy atom. The van der Waals surface area contributed by atoms with Crippen molar-refractivity contribution in [2.45, 2.75) is 77.0 Å². The van der Waals surface area contributed by atoms with E-state index in [9.17, 15) is 0 Å². The molecular formula is C78H61N. The maximum Gasteiger partial charge on any atom is 0.0465 e. The number of hydrogen-bond donors (Lipinski definition) is 0. The lowest BCUT2D eigenvalue weighted by Crippen LogP contribution is -2.19. The predicted octanol–water partition coefficient (Wildman–Crippen LogP) is 21.2. The summed E-state index contributed by atoms with van der Waals surface area (Å²) in [6.07, 6.45) is 0. The molecule has 0 bridgehead atoms. The summed E-state index contributed by atoms with van der Waals surface area (Å²) in [6, 6.07) is 86.3. The second-order valence-electron chi connectivity index (χ2n) is 25.2. The first kappa shape index (κ1) is 46.3. The largest absolute Gasteiger partial charge is 0.310 e. The lowest BCUT2D eigenvalue weighted by Gasteiger charge is -2.31. The molecule has 378 valence electrons. The highest BCUT2D eigenvalue weighted by Crippen LogP contribution is 2.57. The highest BCUT2D eigenvalue weighted by atomic mass is 15.1. The fourth-order valence-corrected chi connectivity index (χ4v) is 15.5. The van der Waals surface area contributed by atoms with E-state index in [2.05, 4.69) is 285 Å². The Balaban J connectivity index is 0.857. The molecule has 16 rings (SSSR count). The van der Waals surface area contributed by atoms with Crippen molar-refractivity contribution >= 4 is 49.4 Å². The van der Waals surface area contributed by atoms with Crippen molar-refractivity contribution < 1.29 is 0 Å². The molecule has 4 aliphatic carbocycles. The highest BCUT2D eigenvalue weighted by molar-refractivity contribution is 6.24. The SMILES string of the molecule is CC1(C)c2ccccc2-c2ccc(-c3c4ccccc4c(-c4ccc5c(c4)C(C)(C)c4cc(N(c6ccc7c(c6)C(C)(C)c6ccccc6-7)c6ccc7c(c6)C(C)(C)c6ccccc6-7)ccc4-5)c4cc5ccccc5cc34)cc21. The summed E-state index contributed by atoms with van der Waals surface area (Å²) in [7, 11) is 0. The van der Waals surface area contributed by atoms with E-state index in [1.165, 1.54) is 161 Å². The Morgan fingerprint density at radius 2 is 0.506 bits per heavy atom. The topological polar surface area (TPSA) is 3.24 Å². The molecule has 4 aliphatic rings. The molecule has 0 atom stereocenters. The molecule has 0 unspecified atom stereocenters. The average molecular weight is 1010 g/mol. The van der Waals surface area contributed by atoms with Crippen molar-refractivity contribution in [3.63, 3.8) is 0 Å². The average Bonchev–Trinajstić information content (AvgIpc) is 4.24. The van der Waals surface area contributed by atoms with Gasteiger partial charge in [-0.1, -0.05) is 219 Å². The molecule has 0 N–H and O–H groups in total. The number of hydrogen-bond acceptors (Lipinski definition) is 1. The van der Waals surface area contributed by atoms with E-state index >= 15 is 0 Å². The third kappa shape index (κ3) is 6.28. The lowest BCUT2D eigenvalue weighted by molar-refractivity contribution is 0.659. The molecule has 0 saturated carbocycles. The van der Waals surface area contributed by atoms with Gasteiger partial charge in [0.05, 0.1) is 0 Å². The van der Waals surface area contributed by atoms with Crippen LogP contribution >= 0.6 is 0 Å². The minimum Gasteiger partial charge on any atom is -0.310 e. The third-order valence-electron chi connectivity index (χ3n) is 19.6. The summed E-state index contributed by atoms with van der Waals surface area (Å²) in [4.78, 5) is 2.54. The van der Waals surface area contributed by atoms with Crippen LogP contribution in [0.5, 0.6) is 0 Å². The minimum atomic E-state index is -0.293. The van der Waals surface area contributed by atoms with E-state index in [1.807, 2.05) is 0 Å². The summed E-state index contributed by atoms with van der Waals surface area (Å²) in [5.41, 5.74) is 29.6. The van der Waals surface area contributed by atoms with Crippen LogP contribution in [0.2, 0.25) is 0 Å². The molecular weight excluding hydrogens is 951 g/mol. The molecule has 0 aliphatic heterocycles. The maximum atomic E-state index is 2.54. The molecule has 0 radical (unpaired) electrons. The van der Waals surface area contributed by atoms with Gasteiger partial charge < -0.3 is 4.90 Å². The van der Waals surface area contributed by atoms with Gasteiger partial charge in [0, 0.05) is 38.7 Å². The number of nitrogens with zero attached hydrogens (tertiary/aromatic N) is 1. The third-order valence-corrected chi connectivity index (χ3v) is 19.6. The quantitative estimate of drug-likeness (QED) is 0.155. The number of anilines is 3. The predicted molar refractivity (Wildman–Crippen MR) is 335 cm³/mol. The molecule has 1 heteroatoms. The summed E-state index contributed by atoms with van der Waals surface area (Å²) in [5, 5.41) is 7.62. The van der Waals surface area contributed by atoms with Gasteiger partial charge in [-0.2, -0.15) is 0 Å². The second kappa shape index (κ2) is 15.9. The zero-order valence-electron chi connectivity index (χ0n) is 46.3. The van der Waals surface area contributed by atoms with Crippen molar-refractivity contribution in [3.05, 3.63) is 269 Å². The van der Waals surface area contributed by atoms with Crippen molar-refractivity contribution in [1.29, 1.82) is 0 Å². The van der Waals surface area contributed by atoms with E-state index in [0.717, 1.165) is 0 Å². The van der Waals surface area contributed by atoms with Gasteiger partial charge in [0.15, 0.2) is 0 Å². The molecule has 0 fully saturated rings. The summed E-state index contributed by atoms with van der Waals surface area (Å²) < 4.78 is 0. The molecule has 79 heavy (non-hydrogen) atoms. The zero-order chi connectivity index (χ0) is 53.5. The highest BCUT2D eigenvalue weighted by Gasteiger charge is 2.41. The normalized spacial score (nSPS) is 15.7. The van der Waals surface area contributed by atoms with Gasteiger partial charge in [-0.15, -0.1) is 0 Å². The molecule has 1 nitrogen and oxygen atoms in total. The van der Waals surface area contributed by atoms with Crippen LogP contribution in [0, 0.1) is 0 Å². The van der Waals surface area contributed by atoms with Gasteiger partial charge in [0.2, 0.25) is 0 Å². The van der Waals surface area contributed by atoms with Crippen LogP contribution in [0.15, 0.2) is 224 Å². The minimum absolute atomic E-state index is 0.105.